The number of rotatable bonds is 4. The van der Waals surface area contributed by atoms with Crippen LogP contribution in [0.3, 0.4) is 0 Å². The summed E-state index contributed by atoms with van der Waals surface area (Å²) in [6, 6.07) is 7.28. The molecule has 3 fully saturated rings. The number of hydrogen-bond donors (Lipinski definition) is 0. The van der Waals surface area contributed by atoms with Crippen LogP contribution in [0.5, 0.6) is 0 Å². The highest BCUT2D eigenvalue weighted by Gasteiger charge is 2.39. The van der Waals surface area contributed by atoms with Gasteiger partial charge in [0.1, 0.15) is 0 Å². The molecule has 2 unspecified atom stereocenters. The fourth-order valence-corrected chi connectivity index (χ4v) is 4.79. The van der Waals surface area contributed by atoms with Crippen LogP contribution >= 0.6 is 11.6 Å². The third-order valence-electron chi connectivity index (χ3n) is 6.34. The van der Waals surface area contributed by atoms with Crippen LogP contribution < -0.4 is 4.90 Å². The summed E-state index contributed by atoms with van der Waals surface area (Å²) in [6.07, 6.45) is 0.812. The predicted molar refractivity (Wildman–Crippen MR) is 112 cm³/mol. The zero-order valence-electron chi connectivity index (χ0n) is 16.9. The molecule has 2 amide bonds. The maximum Gasteiger partial charge on any atom is 0.244 e. The topological polar surface area (TPSA) is 56.3 Å². The van der Waals surface area contributed by atoms with Crippen molar-refractivity contribution in [3.05, 3.63) is 29.3 Å². The van der Waals surface area contributed by atoms with Gasteiger partial charge in [-0.1, -0.05) is 23.7 Å². The minimum absolute atomic E-state index is 0.0985. The maximum atomic E-state index is 13.0. The van der Waals surface area contributed by atoms with E-state index in [0.29, 0.717) is 37.9 Å². The lowest BCUT2D eigenvalue weighted by molar-refractivity contribution is -0.141. The van der Waals surface area contributed by atoms with E-state index in [-0.39, 0.29) is 23.9 Å². The monoisotopic (exact) mass is 420 g/mol. The van der Waals surface area contributed by atoms with Gasteiger partial charge < -0.3 is 14.5 Å². The van der Waals surface area contributed by atoms with Crippen molar-refractivity contribution in [2.75, 3.05) is 63.9 Å². The Morgan fingerprint density at radius 3 is 2.45 bits per heavy atom. The molecule has 1 aromatic rings. The highest BCUT2D eigenvalue weighted by Crippen LogP contribution is 2.30. The van der Waals surface area contributed by atoms with Crippen LogP contribution in [0, 0.1) is 0 Å². The predicted octanol–water partition coefficient (Wildman–Crippen LogP) is 1.31. The average Bonchev–Trinajstić information content (AvgIpc) is 3.15. The van der Waals surface area contributed by atoms with Crippen molar-refractivity contribution < 1.29 is 14.3 Å². The third-order valence-corrected chi connectivity index (χ3v) is 6.66. The molecule has 0 bridgehead atoms. The lowest BCUT2D eigenvalue weighted by Crippen LogP contribution is -2.58. The number of morpholine rings is 1. The second-order valence-corrected chi connectivity index (χ2v) is 8.34. The Kier molecular flexibility index (Phi) is 6.39. The number of amides is 2. The van der Waals surface area contributed by atoms with Crippen molar-refractivity contribution in [1.82, 2.24) is 14.7 Å². The summed E-state index contributed by atoms with van der Waals surface area (Å²) in [6.45, 7) is 8.49. The number of ether oxygens (including phenoxy) is 1. The van der Waals surface area contributed by atoms with E-state index in [9.17, 15) is 9.59 Å². The average molecular weight is 421 g/mol. The molecule has 3 aliphatic heterocycles. The van der Waals surface area contributed by atoms with Crippen LogP contribution in [0.4, 0.5) is 5.69 Å². The van der Waals surface area contributed by atoms with Gasteiger partial charge in [0.25, 0.3) is 0 Å². The Morgan fingerprint density at radius 2 is 1.76 bits per heavy atom. The van der Waals surface area contributed by atoms with E-state index in [1.807, 2.05) is 41.0 Å². The number of piperazine rings is 1. The summed E-state index contributed by atoms with van der Waals surface area (Å²) in [7, 11) is 0. The Bertz CT molecular complexity index is 747. The SMILES string of the molecule is CC(C(=O)N1CCOCC1)N1CCN(C2CCN(c3ccccc3Cl)C2=O)CC1. The zero-order valence-corrected chi connectivity index (χ0v) is 17.7. The van der Waals surface area contributed by atoms with Gasteiger partial charge in [-0.2, -0.15) is 0 Å². The van der Waals surface area contributed by atoms with E-state index in [2.05, 4.69) is 9.80 Å². The van der Waals surface area contributed by atoms with Gasteiger partial charge >= 0.3 is 0 Å². The first kappa shape index (κ1) is 20.6. The Morgan fingerprint density at radius 1 is 1.07 bits per heavy atom. The molecule has 158 valence electrons. The van der Waals surface area contributed by atoms with E-state index < -0.39 is 0 Å². The lowest BCUT2D eigenvalue weighted by Gasteiger charge is -2.41. The molecular weight excluding hydrogens is 392 g/mol. The molecule has 4 rings (SSSR count). The van der Waals surface area contributed by atoms with Gasteiger partial charge in [0.2, 0.25) is 11.8 Å². The molecule has 0 radical (unpaired) electrons. The molecule has 3 saturated heterocycles. The van der Waals surface area contributed by atoms with Crippen molar-refractivity contribution in [1.29, 1.82) is 0 Å². The molecule has 29 heavy (non-hydrogen) atoms. The van der Waals surface area contributed by atoms with Crippen molar-refractivity contribution in [2.24, 2.45) is 0 Å². The second kappa shape index (κ2) is 9.00. The fourth-order valence-electron chi connectivity index (χ4n) is 4.55. The number of hydrogen-bond acceptors (Lipinski definition) is 5. The van der Waals surface area contributed by atoms with E-state index in [1.165, 1.54) is 0 Å². The quantitative estimate of drug-likeness (QED) is 0.735. The number of halogens is 1. The van der Waals surface area contributed by atoms with E-state index in [1.54, 1.807) is 0 Å². The number of para-hydroxylation sites is 1. The summed E-state index contributed by atoms with van der Waals surface area (Å²) in [5, 5.41) is 0.613. The van der Waals surface area contributed by atoms with Crippen LogP contribution in [0.1, 0.15) is 13.3 Å². The Labute approximate surface area is 177 Å². The second-order valence-electron chi connectivity index (χ2n) is 7.93. The summed E-state index contributed by atoms with van der Waals surface area (Å²) in [5.74, 6) is 0.313. The van der Waals surface area contributed by atoms with E-state index >= 15 is 0 Å². The van der Waals surface area contributed by atoms with Gasteiger partial charge in [-0.25, -0.2) is 0 Å². The summed E-state index contributed by atoms with van der Waals surface area (Å²) in [5.41, 5.74) is 0.796. The first-order chi connectivity index (χ1) is 14.1. The molecule has 0 aliphatic carbocycles. The van der Waals surface area contributed by atoms with Crippen LogP contribution in [-0.2, 0) is 14.3 Å². The number of carbonyl (C=O) groups is 2. The van der Waals surface area contributed by atoms with Gasteiger partial charge in [-0.3, -0.25) is 19.4 Å². The standard InChI is InChI=1S/C21H29ClN4O3/c1-16(20(27)25-12-14-29-15-13-25)23-8-10-24(11-9-23)19-6-7-26(21(19)28)18-5-3-2-4-17(18)22/h2-5,16,19H,6-15H2,1H3. The van der Waals surface area contributed by atoms with Crippen molar-refractivity contribution >= 4 is 29.1 Å². The van der Waals surface area contributed by atoms with Gasteiger partial charge in [0.15, 0.2) is 0 Å². The largest absolute Gasteiger partial charge is 0.378 e. The molecule has 0 saturated carbocycles. The van der Waals surface area contributed by atoms with E-state index in [4.69, 9.17) is 16.3 Å². The zero-order chi connectivity index (χ0) is 20.4. The third kappa shape index (κ3) is 4.28. The molecule has 0 N–H and O–H groups in total. The lowest BCUT2D eigenvalue weighted by atomic mass is 10.1. The number of anilines is 1. The molecule has 7 nitrogen and oxygen atoms in total. The van der Waals surface area contributed by atoms with Crippen LogP contribution in [0.25, 0.3) is 0 Å². The summed E-state index contributed by atoms with van der Waals surface area (Å²) >= 11 is 6.29. The van der Waals surface area contributed by atoms with Gasteiger partial charge in [0.05, 0.1) is 36.0 Å². The number of benzene rings is 1. The molecule has 3 aliphatic rings. The van der Waals surface area contributed by atoms with E-state index in [0.717, 1.165) is 38.3 Å². The first-order valence-electron chi connectivity index (χ1n) is 10.5. The minimum atomic E-state index is -0.130. The highest BCUT2D eigenvalue weighted by atomic mass is 35.5. The van der Waals surface area contributed by atoms with Crippen LogP contribution in [0.15, 0.2) is 24.3 Å². The Balaban J connectivity index is 1.32. The molecule has 1 aromatic carbocycles. The van der Waals surface area contributed by atoms with Crippen LogP contribution in [0.2, 0.25) is 5.02 Å². The van der Waals surface area contributed by atoms with Crippen molar-refractivity contribution in [3.8, 4) is 0 Å². The highest BCUT2D eigenvalue weighted by molar-refractivity contribution is 6.33. The van der Waals surface area contributed by atoms with Gasteiger partial charge in [-0.05, 0) is 25.5 Å². The molecule has 0 aromatic heterocycles. The van der Waals surface area contributed by atoms with Crippen molar-refractivity contribution in [3.63, 3.8) is 0 Å². The normalized spacial score (nSPS) is 25.4. The maximum absolute atomic E-state index is 13.0. The molecule has 0 spiro atoms. The van der Waals surface area contributed by atoms with Gasteiger partial charge in [0, 0.05) is 45.8 Å². The summed E-state index contributed by atoms with van der Waals surface area (Å²) < 4.78 is 5.35. The molecule has 8 heteroatoms. The van der Waals surface area contributed by atoms with Crippen molar-refractivity contribution in [2.45, 2.75) is 25.4 Å². The molecule has 3 heterocycles. The Hall–Kier alpha value is -1.67. The first-order valence-corrected chi connectivity index (χ1v) is 10.8. The smallest absolute Gasteiger partial charge is 0.244 e. The number of nitrogens with zero attached hydrogens (tertiary/aromatic N) is 4. The van der Waals surface area contributed by atoms with Crippen LogP contribution in [-0.4, -0.2) is 97.6 Å². The minimum Gasteiger partial charge on any atom is -0.378 e. The summed E-state index contributed by atoms with van der Waals surface area (Å²) in [4.78, 5) is 34.0. The fraction of sp³-hybridized carbons (Fsp3) is 0.619. The van der Waals surface area contributed by atoms with Gasteiger partial charge in [-0.15, -0.1) is 0 Å². The number of carbonyl (C=O) groups excluding carboxylic acids is 2. The molecule has 2 atom stereocenters. The molecular formula is C21H29ClN4O3.